The van der Waals surface area contributed by atoms with Crippen LogP contribution in [-0.2, 0) is 4.79 Å². The van der Waals surface area contributed by atoms with E-state index in [4.69, 9.17) is 5.11 Å². The molecule has 0 saturated heterocycles. The Morgan fingerprint density at radius 1 is 0.952 bits per heavy atom. The number of carbonyl (C=O) groups is 1. The molecule has 1 unspecified atom stereocenters. The maximum absolute atomic E-state index is 10.3. The van der Waals surface area contributed by atoms with E-state index in [0.717, 1.165) is 25.7 Å². The van der Waals surface area contributed by atoms with Crippen molar-refractivity contribution in [1.29, 1.82) is 0 Å². The number of hydrogen-bond donors (Lipinski definition) is 2. The predicted molar refractivity (Wildman–Crippen MR) is 88.5 cm³/mol. The summed E-state index contributed by atoms with van der Waals surface area (Å²) < 4.78 is 0. The smallest absolute Gasteiger partial charge is 0.303 e. The Labute approximate surface area is 130 Å². The number of unbranched alkanes of at least 4 members (excludes halogenated alkanes) is 9. The molecule has 124 valence electrons. The molecule has 0 radical (unpaired) electrons. The number of carboxylic acid groups (broad SMARTS) is 1. The van der Waals surface area contributed by atoms with E-state index in [1.54, 1.807) is 0 Å². The second-order valence-electron chi connectivity index (χ2n) is 5.90. The fraction of sp³-hybridized carbons (Fsp3) is 0.833. The van der Waals surface area contributed by atoms with Crippen LogP contribution < -0.4 is 0 Å². The third-order valence-corrected chi connectivity index (χ3v) is 3.72. The van der Waals surface area contributed by atoms with E-state index < -0.39 is 5.97 Å². The van der Waals surface area contributed by atoms with Crippen molar-refractivity contribution in [3.63, 3.8) is 0 Å². The number of aliphatic hydroxyl groups is 1. The Morgan fingerprint density at radius 2 is 1.57 bits per heavy atom. The molecule has 0 fully saturated rings. The normalized spacial score (nSPS) is 12.9. The van der Waals surface area contributed by atoms with Crippen molar-refractivity contribution in [3.05, 3.63) is 12.2 Å². The van der Waals surface area contributed by atoms with Crippen molar-refractivity contribution >= 4 is 5.97 Å². The quantitative estimate of drug-likeness (QED) is 0.327. The van der Waals surface area contributed by atoms with Crippen molar-refractivity contribution in [2.75, 3.05) is 0 Å². The van der Waals surface area contributed by atoms with Crippen LogP contribution in [0.4, 0.5) is 0 Å². The Bertz CT molecular complexity index is 261. The van der Waals surface area contributed by atoms with E-state index in [2.05, 4.69) is 13.0 Å². The summed E-state index contributed by atoms with van der Waals surface area (Å²) in [6.07, 6.45) is 17.4. The van der Waals surface area contributed by atoms with E-state index in [0.29, 0.717) is 6.42 Å². The van der Waals surface area contributed by atoms with Crippen LogP contribution in [0.5, 0.6) is 0 Å². The Morgan fingerprint density at radius 3 is 2.24 bits per heavy atom. The maximum Gasteiger partial charge on any atom is 0.303 e. The summed E-state index contributed by atoms with van der Waals surface area (Å²) in [7, 11) is 0. The second-order valence-corrected chi connectivity index (χ2v) is 5.90. The minimum atomic E-state index is -0.731. The molecule has 21 heavy (non-hydrogen) atoms. The Hall–Kier alpha value is -0.830. The van der Waals surface area contributed by atoms with Crippen molar-refractivity contribution < 1.29 is 15.0 Å². The van der Waals surface area contributed by atoms with Crippen molar-refractivity contribution in [2.24, 2.45) is 0 Å². The fourth-order valence-electron chi connectivity index (χ4n) is 2.38. The first kappa shape index (κ1) is 20.2. The average molecular weight is 298 g/mol. The molecule has 0 aromatic heterocycles. The first-order valence-electron chi connectivity index (χ1n) is 8.73. The molecule has 0 rings (SSSR count). The summed E-state index contributed by atoms with van der Waals surface area (Å²) >= 11 is 0. The fourth-order valence-corrected chi connectivity index (χ4v) is 2.38. The molecule has 0 amide bonds. The predicted octanol–water partition coefficient (Wildman–Crippen LogP) is 5.08. The summed E-state index contributed by atoms with van der Waals surface area (Å²) in [5, 5.41) is 18.3. The van der Waals surface area contributed by atoms with Gasteiger partial charge in [-0.3, -0.25) is 4.79 Å². The summed E-state index contributed by atoms with van der Waals surface area (Å²) in [5.74, 6) is -0.731. The van der Waals surface area contributed by atoms with E-state index in [1.807, 2.05) is 6.08 Å². The number of hydrogen-bond acceptors (Lipinski definition) is 2. The van der Waals surface area contributed by atoms with Crippen LogP contribution in [0.1, 0.15) is 90.4 Å². The third-order valence-electron chi connectivity index (χ3n) is 3.72. The molecular weight excluding hydrogens is 264 g/mol. The third kappa shape index (κ3) is 17.1. The highest BCUT2D eigenvalue weighted by atomic mass is 16.4. The molecule has 0 saturated carbocycles. The number of rotatable bonds is 15. The van der Waals surface area contributed by atoms with Crippen LogP contribution >= 0.6 is 0 Å². The van der Waals surface area contributed by atoms with E-state index in [-0.39, 0.29) is 12.5 Å². The number of carboxylic acids is 1. The van der Waals surface area contributed by atoms with Crippen LogP contribution in [0.15, 0.2) is 12.2 Å². The summed E-state index contributed by atoms with van der Waals surface area (Å²) in [6.45, 7) is 2.24. The van der Waals surface area contributed by atoms with Gasteiger partial charge in [0.2, 0.25) is 0 Å². The maximum atomic E-state index is 10.3. The SMILES string of the molecule is CCCCCCCCC/C=C/C(O)CCCCCC(=O)O. The average Bonchev–Trinajstić information content (AvgIpc) is 2.45. The lowest BCUT2D eigenvalue weighted by Crippen LogP contribution is -2.02. The van der Waals surface area contributed by atoms with Gasteiger partial charge in [-0.2, -0.15) is 0 Å². The van der Waals surface area contributed by atoms with Gasteiger partial charge in [-0.15, -0.1) is 0 Å². The zero-order chi connectivity index (χ0) is 15.8. The van der Waals surface area contributed by atoms with Gasteiger partial charge in [0.25, 0.3) is 0 Å². The van der Waals surface area contributed by atoms with Gasteiger partial charge in [-0.25, -0.2) is 0 Å². The molecule has 0 bridgehead atoms. The van der Waals surface area contributed by atoms with E-state index in [9.17, 15) is 9.90 Å². The van der Waals surface area contributed by atoms with Crippen molar-refractivity contribution in [3.8, 4) is 0 Å². The number of aliphatic carboxylic acids is 1. The number of allylic oxidation sites excluding steroid dienone is 1. The van der Waals surface area contributed by atoms with Gasteiger partial charge >= 0.3 is 5.97 Å². The molecular formula is C18H34O3. The number of aliphatic hydroxyl groups excluding tert-OH is 1. The van der Waals surface area contributed by atoms with Gasteiger partial charge in [0.15, 0.2) is 0 Å². The van der Waals surface area contributed by atoms with Crippen LogP contribution in [0.3, 0.4) is 0 Å². The van der Waals surface area contributed by atoms with Gasteiger partial charge in [0.1, 0.15) is 0 Å². The summed E-state index contributed by atoms with van der Waals surface area (Å²) in [5.41, 5.74) is 0. The van der Waals surface area contributed by atoms with Crippen molar-refractivity contribution in [2.45, 2.75) is 96.5 Å². The van der Waals surface area contributed by atoms with Gasteiger partial charge in [-0.1, -0.05) is 70.4 Å². The van der Waals surface area contributed by atoms with E-state index >= 15 is 0 Å². The first-order chi connectivity index (χ1) is 10.2. The topological polar surface area (TPSA) is 57.5 Å². The Balaban J connectivity index is 3.29. The van der Waals surface area contributed by atoms with Gasteiger partial charge < -0.3 is 10.2 Å². The zero-order valence-electron chi connectivity index (χ0n) is 13.7. The highest BCUT2D eigenvalue weighted by molar-refractivity contribution is 5.66. The van der Waals surface area contributed by atoms with Crippen LogP contribution in [0.25, 0.3) is 0 Å². The van der Waals surface area contributed by atoms with Gasteiger partial charge in [-0.05, 0) is 25.7 Å². The summed E-state index contributed by atoms with van der Waals surface area (Å²) in [4.78, 5) is 10.3. The lowest BCUT2D eigenvalue weighted by molar-refractivity contribution is -0.137. The molecule has 0 heterocycles. The van der Waals surface area contributed by atoms with Gasteiger partial charge in [0.05, 0.1) is 6.10 Å². The monoisotopic (exact) mass is 298 g/mol. The molecule has 0 aromatic carbocycles. The standard InChI is InChI=1S/C18H34O3/c1-2-3-4-5-6-7-8-9-11-14-17(19)15-12-10-13-16-18(20)21/h11,14,17,19H,2-10,12-13,15-16H2,1H3,(H,20,21)/b14-11+. The van der Waals surface area contributed by atoms with Crippen LogP contribution in [0, 0.1) is 0 Å². The zero-order valence-corrected chi connectivity index (χ0v) is 13.7. The molecule has 0 aliphatic heterocycles. The molecule has 3 heteroatoms. The van der Waals surface area contributed by atoms with Crippen LogP contribution in [-0.4, -0.2) is 22.3 Å². The van der Waals surface area contributed by atoms with E-state index in [1.165, 1.54) is 44.9 Å². The largest absolute Gasteiger partial charge is 0.481 e. The highest BCUT2D eigenvalue weighted by Gasteiger charge is 2.00. The van der Waals surface area contributed by atoms with Crippen molar-refractivity contribution in [1.82, 2.24) is 0 Å². The molecule has 2 N–H and O–H groups in total. The first-order valence-corrected chi connectivity index (χ1v) is 8.73. The lowest BCUT2D eigenvalue weighted by atomic mass is 10.1. The van der Waals surface area contributed by atoms with Crippen LogP contribution in [0.2, 0.25) is 0 Å². The Kier molecular flexibility index (Phi) is 14.9. The molecule has 0 spiro atoms. The molecule has 0 aliphatic carbocycles. The van der Waals surface area contributed by atoms with Gasteiger partial charge in [0, 0.05) is 6.42 Å². The molecule has 0 aromatic rings. The highest BCUT2D eigenvalue weighted by Crippen LogP contribution is 2.10. The minimum absolute atomic E-state index is 0.240. The second kappa shape index (κ2) is 15.6. The minimum Gasteiger partial charge on any atom is -0.481 e. The lowest BCUT2D eigenvalue weighted by Gasteiger charge is -2.05. The summed E-state index contributed by atoms with van der Waals surface area (Å²) in [6, 6.07) is 0. The molecule has 0 aliphatic rings. The molecule has 1 atom stereocenters. The molecule has 3 nitrogen and oxygen atoms in total.